The number of hydrogen-bond donors (Lipinski definition) is 2. The van der Waals surface area contributed by atoms with Gasteiger partial charge in [0.25, 0.3) is 0 Å². The van der Waals surface area contributed by atoms with E-state index in [0.717, 1.165) is 5.56 Å². The van der Waals surface area contributed by atoms with Crippen molar-refractivity contribution in [1.82, 2.24) is 4.90 Å². The minimum absolute atomic E-state index is 0.0119. The molecule has 0 aliphatic carbocycles. The molecule has 1 fully saturated rings. The van der Waals surface area contributed by atoms with Crippen LogP contribution in [0.3, 0.4) is 0 Å². The summed E-state index contributed by atoms with van der Waals surface area (Å²) in [7, 11) is 0. The van der Waals surface area contributed by atoms with Crippen LogP contribution in [-0.2, 0) is 4.74 Å². The lowest BCUT2D eigenvalue weighted by atomic mass is 10.0. The van der Waals surface area contributed by atoms with Gasteiger partial charge in [-0.05, 0) is 13.8 Å². The Morgan fingerprint density at radius 1 is 1.44 bits per heavy atom. The largest absolute Gasteiger partial charge is 0.394 e. The van der Waals surface area contributed by atoms with E-state index < -0.39 is 0 Å². The van der Waals surface area contributed by atoms with Gasteiger partial charge >= 0.3 is 0 Å². The zero-order valence-electron chi connectivity index (χ0n) is 10.9. The van der Waals surface area contributed by atoms with Crippen molar-refractivity contribution in [3.05, 3.63) is 35.9 Å². The minimum Gasteiger partial charge on any atom is -0.394 e. The number of amidine groups is 1. The van der Waals surface area contributed by atoms with Crippen molar-refractivity contribution >= 4 is 5.84 Å². The number of ether oxygens (including phenoxy) is 1. The lowest BCUT2D eigenvalue weighted by Gasteiger charge is -2.43. The summed E-state index contributed by atoms with van der Waals surface area (Å²) in [6.07, 6.45) is -0.224. The molecule has 0 bridgehead atoms. The van der Waals surface area contributed by atoms with Gasteiger partial charge in [-0.1, -0.05) is 30.3 Å². The van der Waals surface area contributed by atoms with Crippen LogP contribution >= 0.6 is 0 Å². The molecule has 1 heterocycles. The third-order valence-electron chi connectivity index (χ3n) is 3.05. The highest BCUT2D eigenvalue weighted by Crippen LogP contribution is 2.22. The predicted octanol–water partition coefficient (Wildman–Crippen LogP) is 1.48. The summed E-state index contributed by atoms with van der Waals surface area (Å²) in [4.78, 5) is 1.97. The van der Waals surface area contributed by atoms with Gasteiger partial charge in [0.15, 0.2) is 0 Å². The van der Waals surface area contributed by atoms with Crippen molar-refractivity contribution in [3.63, 3.8) is 0 Å². The van der Waals surface area contributed by atoms with Gasteiger partial charge < -0.3 is 14.7 Å². The fourth-order valence-corrected chi connectivity index (χ4v) is 2.34. The van der Waals surface area contributed by atoms with E-state index in [0.29, 0.717) is 18.9 Å². The van der Waals surface area contributed by atoms with E-state index in [1.165, 1.54) is 0 Å². The molecular weight excluding hydrogens is 228 g/mol. The number of nitrogens with one attached hydrogen (secondary N) is 1. The molecule has 1 aliphatic heterocycles. The Kier molecular flexibility index (Phi) is 3.68. The minimum atomic E-state index is -0.341. The molecule has 0 radical (unpaired) electrons. The maximum Gasteiger partial charge on any atom is 0.128 e. The van der Waals surface area contributed by atoms with E-state index in [1.54, 1.807) is 0 Å². The van der Waals surface area contributed by atoms with Crippen LogP contribution in [0.15, 0.2) is 30.3 Å². The third kappa shape index (κ3) is 2.89. The Labute approximate surface area is 108 Å². The van der Waals surface area contributed by atoms with Gasteiger partial charge in [0.1, 0.15) is 5.84 Å². The number of rotatable bonds is 2. The Morgan fingerprint density at radius 3 is 2.72 bits per heavy atom. The van der Waals surface area contributed by atoms with Crippen LogP contribution < -0.4 is 0 Å². The van der Waals surface area contributed by atoms with Crippen molar-refractivity contribution in [2.75, 3.05) is 19.7 Å². The van der Waals surface area contributed by atoms with Gasteiger partial charge in [-0.25, -0.2) is 0 Å². The van der Waals surface area contributed by atoms with E-state index in [4.69, 9.17) is 10.1 Å². The van der Waals surface area contributed by atoms with Crippen LogP contribution in [0, 0.1) is 5.41 Å². The first-order valence-corrected chi connectivity index (χ1v) is 6.19. The smallest absolute Gasteiger partial charge is 0.128 e. The number of hydrogen-bond acceptors (Lipinski definition) is 3. The molecule has 0 aromatic heterocycles. The SMILES string of the molecule is CC1(C)CN(C(=N)c2ccccc2)CC(CO)O1. The first-order valence-electron chi connectivity index (χ1n) is 6.19. The highest BCUT2D eigenvalue weighted by molar-refractivity contribution is 5.96. The maximum absolute atomic E-state index is 9.27. The zero-order chi connectivity index (χ0) is 13.2. The van der Waals surface area contributed by atoms with Crippen LogP contribution in [0.2, 0.25) is 0 Å². The topological polar surface area (TPSA) is 56.6 Å². The molecule has 4 heteroatoms. The average molecular weight is 248 g/mol. The highest BCUT2D eigenvalue weighted by Gasteiger charge is 2.34. The normalized spacial score (nSPS) is 22.8. The molecule has 0 amide bonds. The lowest BCUT2D eigenvalue weighted by Crippen LogP contribution is -2.55. The second kappa shape index (κ2) is 5.08. The van der Waals surface area contributed by atoms with Crippen molar-refractivity contribution in [3.8, 4) is 0 Å². The predicted molar refractivity (Wildman–Crippen MR) is 70.9 cm³/mol. The van der Waals surface area contributed by atoms with Gasteiger partial charge in [-0.3, -0.25) is 5.41 Å². The fourth-order valence-electron chi connectivity index (χ4n) is 2.34. The molecule has 1 aromatic carbocycles. The van der Waals surface area contributed by atoms with Crippen molar-refractivity contribution in [2.45, 2.75) is 25.6 Å². The Morgan fingerprint density at radius 2 is 2.11 bits per heavy atom. The Hall–Kier alpha value is -1.39. The quantitative estimate of drug-likeness (QED) is 0.616. The van der Waals surface area contributed by atoms with Crippen LogP contribution in [-0.4, -0.2) is 47.2 Å². The van der Waals surface area contributed by atoms with Gasteiger partial charge in [0, 0.05) is 18.7 Å². The Balaban J connectivity index is 2.15. The number of benzene rings is 1. The molecule has 1 atom stereocenters. The molecule has 0 saturated carbocycles. The van der Waals surface area contributed by atoms with Gasteiger partial charge in [-0.15, -0.1) is 0 Å². The molecular formula is C14H20N2O2. The van der Waals surface area contributed by atoms with E-state index in [-0.39, 0.29) is 18.3 Å². The van der Waals surface area contributed by atoms with Crippen molar-refractivity contribution in [2.24, 2.45) is 0 Å². The standard InChI is InChI=1S/C14H20N2O2/c1-14(2)10-16(8-12(9-17)18-14)13(15)11-6-4-3-5-7-11/h3-7,12,15,17H,8-10H2,1-2H3. The average Bonchev–Trinajstić information content (AvgIpc) is 2.37. The van der Waals surface area contributed by atoms with E-state index in [9.17, 15) is 5.11 Å². The summed E-state index contributed by atoms with van der Waals surface area (Å²) in [6.45, 7) is 5.19. The molecule has 98 valence electrons. The molecule has 4 nitrogen and oxygen atoms in total. The number of nitrogens with zero attached hydrogens (tertiary/aromatic N) is 1. The number of aliphatic hydroxyl groups excluding tert-OH is 1. The van der Waals surface area contributed by atoms with Crippen LogP contribution in [0.1, 0.15) is 19.4 Å². The van der Waals surface area contributed by atoms with E-state index in [2.05, 4.69) is 0 Å². The molecule has 1 aliphatic rings. The van der Waals surface area contributed by atoms with Crippen LogP contribution in [0.5, 0.6) is 0 Å². The molecule has 18 heavy (non-hydrogen) atoms. The number of morpholine rings is 1. The second-order valence-corrected chi connectivity index (χ2v) is 5.28. The first-order chi connectivity index (χ1) is 8.52. The summed E-state index contributed by atoms with van der Waals surface area (Å²) in [5.41, 5.74) is 0.555. The van der Waals surface area contributed by atoms with Gasteiger partial charge in [-0.2, -0.15) is 0 Å². The van der Waals surface area contributed by atoms with Crippen molar-refractivity contribution in [1.29, 1.82) is 5.41 Å². The monoisotopic (exact) mass is 248 g/mol. The fraction of sp³-hybridized carbons (Fsp3) is 0.500. The van der Waals surface area contributed by atoms with Gasteiger partial charge in [0.05, 0.1) is 18.3 Å². The third-order valence-corrected chi connectivity index (χ3v) is 3.05. The maximum atomic E-state index is 9.27. The number of aliphatic hydroxyl groups is 1. The summed E-state index contributed by atoms with van der Waals surface area (Å²) in [6, 6.07) is 9.66. The second-order valence-electron chi connectivity index (χ2n) is 5.28. The molecule has 1 saturated heterocycles. The van der Waals surface area contributed by atoms with Crippen LogP contribution in [0.4, 0.5) is 0 Å². The van der Waals surface area contributed by atoms with E-state index in [1.807, 2.05) is 49.1 Å². The Bertz CT molecular complexity index is 417. The molecule has 1 unspecified atom stereocenters. The summed E-state index contributed by atoms with van der Waals surface area (Å²) < 4.78 is 5.75. The van der Waals surface area contributed by atoms with Crippen molar-refractivity contribution < 1.29 is 9.84 Å². The molecule has 1 aromatic rings. The first kappa shape index (κ1) is 13.1. The van der Waals surface area contributed by atoms with Crippen LogP contribution in [0.25, 0.3) is 0 Å². The molecule has 2 N–H and O–H groups in total. The zero-order valence-corrected chi connectivity index (χ0v) is 10.9. The lowest BCUT2D eigenvalue weighted by molar-refractivity contribution is -0.134. The van der Waals surface area contributed by atoms with Gasteiger partial charge in [0.2, 0.25) is 0 Å². The highest BCUT2D eigenvalue weighted by atomic mass is 16.5. The molecule has 2 rings (SSSR count). The van der Waals surface area contributed by atoms with E-state index >= 15 is 0 Å². The summed E-state index contributed by atoms with van der Waals surface area (Å²) in [5.74, 6) is 0.491. The molecule has 0 spiro atoms. The summed E-state index contributed by atoms with van der Waals surface area (Å²) in [5, 5.41) is 17.5. The summed E-state index contributed by atoms with van der Waals surface area (Å²) >= 11 is 0.